The van der Waals surface area contributed by atoms with Crippen molar-refractivity contribution < 1.29 is 13.6 Å². The molecule has 0 saturated heterocycles. The van der Waals surface area contributed by atoms with Gasteiger partial charge < -0.3 is 4.90 Å². The lowest BCUT2D eigenvalue weighted by atomic mass is 10.2. The molecule has 2 aromatic carbocycles. The van der Waals surface area contributed by atoms with Gasteiger partial charge >= 0.3 is 0 Å². The Morgan fingerprint density at radius 2 is 1.82 bits per heavy atom. The zero-order chi connectivity index (χ0) is 16.1. The van der Waals surface area contributed by atoms with E-state index >= 15 is 0 Å². The largest absolute Gasteiger partial charge is 0.341 e. The molecule has 0 atom stereocenters. The highest BCUT2D eigenvalue weighted by Gasteiger charge is 2.15. The molecular weight excluding hydrogens is 328 g/mol. The maximum absolute atomic E-state index is 13.7. The summed E-state index contributed by atoms with van der Waals surface area (Å²) >= 11 is 7.05. The molecule has 0 unspecified atom stereocenters. The number of carbonyl (C=O) groups excluding carboxylic acids is 1. The van der Waals surface area contributed by atoms with E-state index in [9.17, 15) is 13.6 Å². The van der Waals surface area contributed by atoms with Crippen LogP contribution in [0.15, 0.2) is 47.4 Å². The van der Waals surface area contributed by atoms with Crippen LogP contribution in [0.2, 0.25) is 5.02 Å². The third kappa shape index (κ3) is 4.21. The quantitative estimate of drug-likeness (QED) is 0.753. The van der Waals surface area contributed by atoms with Crippen LogP contribution in [-0.4, -0.2) is 23.6 Å². The average Bonchev–Trinajstić information content (AvgIpc) is 2.49. The molecule has 0 heterocycles. The summed E-state index contributed by atoms with van der Waals surface area (Å²) in [5, 5.41) is 0.279. The van der Waals surface area contributed by atoms with Gasteiger partial charge in [-0.1, -0.05) is 29.8 Å². The van der Waals surface area contributed by atoms with Crippen molar-refractivity contribution in [2.24, 2.45) is 0 Å². The molecule has 0 saturated carbocycles. The number of rotatable bonds is 5. The second-order valence-electron chi connectivity index (χ2n) is 4.67. The summed E-state index contributed by atoms with van der Waals surface area (Å²) in [5.41, 5.74) is 0.274. The van der Waals surface area contributed by atoms with Crippen molar-refractivity contribution in [2.75, 3.05) is 12.8 Å². The number of hydrogen-bond donors (Lipinski definition) is 0. The minimum atomic E-state index is -0.450. The fourth-order valence-electron chi connectivity index (χ4n) is 1.82. The molecule has 0 aliphatic rings. The van der Waals surface area contributed by atoms with Crippen molar-refractivity contribution in [1.82, 2.24) is 4.90 Å². The molecule has 0 fully saturated rings. The van der Waals surface area contributed by atoms with E-state index in [2.05, 4.69) is 0 Å². The van der Waals surface area contributed by atoms with E-state index in [4.69, 9.17) is 11.6 Å². The molecule has 1 amide bonds. The van der Waals surface area contributed by atoms with Crippen molar-refractivity contribution in [3.05, 3.63) is 64.7 Å². The van der Waals surface area contributed by atoms with Gasteiger partial charge in [0.1, 0.15) is 11.6 Å². The summed E-state index contributed by atoms with van der Waals surface area (Å²) in [7, 11) is 1.56. The molecule has 0 bridgehead atoms. The fourth-order valence-corrected chi connectivity index (χ4v) is 2.92. The Hall–Kier alpha value is -1.59. The maximum Gasteiger partial charge on any atom is 0.232 e. The van der Waals surface area contributed by atoms with Gasteiger partial charge in [-0.2, -0.15) is 0 Å². The van der Waals surface area contributed by atoms with E-state index in [0.717, 1.165) is 11.8 Å². The van der Waals surface area contributed by atoms with Crippen molar-refractivity contribution in [3.63, 3.8) is 0 Å². The van der Waals surface area contributed by atoms with Gasteiger partial charge in [-0.3, -0.25) is 4.79 Å². The molecule has 2 aromatic rings. The third-order valence-electron chi connectivity index (χ3n) is 3.07. The van der Waals surface area contributed by atoms with Crippen LogP contribution in [0.25, 0.3) is 0 Å². The number of thioether (sulfide) groups is 1. The minimum Gasteiger partial charge on any atom is -0.341 e. The number of halogens is 3. The molecule has 2 rings (SSSR count). The second-order valence-corrected chi connectivity index (χ2v) is 6.09. The smallest absolute Gasteiger partial charge is 0.232 e. The van der Waals surface area contributed by atoms with Crippen LogP contribution in [0.3, 0.4) is 0 Å². The molecule has 116 valence electrons. The Labute approximate surface area is 137 Å². The summed E-state index contributed by atoms with van der Waals surface area (Å²) in [4.78, 5) is 13.9. The van der Waals surface area contributed by atoms with E-state index in [1.807, 2.05) is 0 Å². The van der Waals surface area contributed by atoms with Gasteiger partial charge in [-0.25, -0.2) is 8.78 Å². The number of amides is 1. The molecule has 0 radical (unpaired) electrons. The summed E-state index contributed by atoms with van der Waals surface area (Å²) in [6.07, 6.45) is 0. The van der Waals surface area contributed by atoms with Gasteiger partial charge in [0.25, 0.3) is 0 Å². The average molecular weight is 342 g/mol. The van der Waals surface area contributed by atoms with Crippen molar-refractivity contribution in [3.8, 4) is 0 Å². The summed E-state index contributed by atoms with van der Waals surface area (Å²) < 4.78 is 27.2. The van der Waals surface area contributed by atoms with Crippen LogP contribution >= 0.6 is 23.4 Å². The summed E-state index contributed by atoms with van der Waals surface area (Å²) in [6, 6.07) is 10.6. The molecule has 6 heteroatoms. The lowest BCUT2D eigenvalue weighted by Crippen LogP contribution is -2.28. The molecule has 0 spiro atoms. The summed E-state index contributed by atoms with van der Waals surface area (Å²) in [5.74, 6) is -0.967. The summed E-state index contributed by atoms with van der Waals surface area (Å²) in [6.45, 7) is 0.0716. The van der Waals surface area contributed by atoms with E-state index in [0.29, 0.717) is 4.90 Å². The van der Waals surface area contributed by atoms with Gasteiger partial charge in [0.15, 0.2) is 0 Å². The van der Waals surface area contributed by atoms with Crippen LogP contribution < -0.4 is 0 Å². The van der Waals surface area contributed by atoms with Crippen LogP contribution in [-0.2, 0) is 11.3 Å². The lowest BCUT2D eigenvalue weighted by molar-refractivity contribution is -0.127. The SMILES string of the molecule is CN(Cc1c(F)cccc1Cl)C(=O)CSc1ccccc1F. The predicted octanol–water partition coefficient (Wildman–Crippen LogP) is 4.37. The second kappa shape index (κ2) is 7.61. The molecule has 0 aliphatic carbocycles. The van der Waals surface area contributed by atoms with E-state index in [1.54, 1.807) is 31.3 Å². The zero-order valence-electron chi connectivity index (χ0n) is 11.9. The van der Waals surface area contributed by atoms with Gasteiger partial charge in [-0.15, -0.1) is 11.8 Å². The highest BCUT2D eigenvalue weighted by Crippen LogP contribution is 2.23. The maximum atomic E-state index is 13.7. The normalized spacial score (nSPS) is 10.5. The van der Waals surface area contributed by atoms with Crippen molar-refractivity contribution >= 4 is 29.3 Å². The van der Waals surface area contributed by atoms with Gasteiger partial charge in [0.2, 0.25) is 5.91 Å². The Morgan fingerprint density at radius 1 is 1.14 bits per heavy atom. The standard InChI is InChI=1S/C16H14ClF2NOS/c1-20(9-11-12(17)5-4-7-13(11)18)16(21)10-22-15-8-3-2-6-14(15)19/h2-8H,9-10H2,1H3. The van der Waals surface area contributed by atoms with Gasteiger partial charge in [0.05, 0.1) is 5.75 Å². The Bertz CT molecular complexity index is 661. The number of carbonyl (C=O) groups is 1. The molecule has 2 nitrogen and oxygen atoms in total. The van der Waals surface area contributed by atoms with Crippen LogP contribution in [0, 0.1) is 11.6 Å². The Morgan fingerprint density at radius 3 is 2.50 bits per heavy atom. The predicted molar refractivity (Wildman–Crippen MR) is 85.0 cm³/mol. The first-order valence-electron chi connectivity index (χ1n) is 6.53. The van der Waals surface area contributed by atoms with Crippen LogP contribution in [0.5, 0.6) is 0 Å². The highest BCUT2D eigenvalue weighted by atomic mass is 35.5. The van der Waals surface area contributed by atoms with E-state index < -0.39 is 5.82 Å². The number of nitrogens with zero attached hydrogens (tertiary/aromatic N) is 1. The van der Waals surface area contributed by atoms with Crippen molar-refractivity contribution in [1.29, 1.82) is 0 Å². The first kappa shape index (κ1) is 16.8. The van der Waals surface area contributed by atoms with Gasteiger partial charge in [0, 0.05) is 29.1 Å². The topological polar surface area (TPSA) is 20.3 Å². The first-order valence-corrected chi connectivity index (χ1v) is 7.89. The van der Waals surface area contributed by atoms with Crippen molar-refractivity contribution in [2.45, 2.75) is 11.4 Å². The molecule has 22 heavy (non-hydrogen) atoms. The number of hydrogen-bond acceptors (Lipinski definition) is 2. The first-order chi connectivity index (χ1) is 10.5. The van der Waals surface area contributed by atoms with Crippen LogP contribution in [0.1, 0.15) is 5.56 Å². The lowest BCUT2D eigenvalue weighted by Gasteiger charge is -2.18. The molecule has 0 aromatic heterocycles. The minimum absolute atomic E-state index is 0.0716. The Balaban J connectivity index is 1.97. The van der Waals surface area contributed by atoms with Crippen LogP contribution in [0.4, 0.5) is 8.78 Å². The zero-order valence-corrected chi connectivity index (χ0v) is 13.4. The van der Waals surface area contributed by atoms with E-state index in [1.165, 1.54) is 23.1 Å². The molecular formula is C16H14ClF2NOS. The highest BCUT2D eigenvalue weighted by molar-refractivity contribution is 8.00. The van der Waals surface area contributed by atoms with Gasteiger partial charge in [-0.05, 0) is 24.3 Å². The monoisotopic (exact) mass is 341 g/mol. The van der Waals surface area contributed by atoms with E-state index in [-0.39, 0.29) is 34.6 Å². The Kier molecular flexibility index (Phi) is 5.80. The molecule has 0 N–H and O–H groups in total. The fraction of sp³-hybridized carbons (Fsp3) is 0.188. The number of benzene rings is 2. The molecule has 0 aliphatic heterocycles. The third-order valence-corrected chi connectivity index (χ3v) is 4.46.